The number of benzene rings is 1. The van der Waals surface area contributed by atoms with E-state index in [1.165, 1.54) is 4.31 Å². The van der Waals surface area contributed by atoms with Crippen LogP contribution >= 0.6 is 0 Å². The summed E-state index contributed by atoms with van der Waals surface area (Å²) in [5.41, 5.74) is 2.58. The first kappa shape index (κ1) is 15.1. The smallest absolute Gasteiger partial charge is 0.243 e. The summed E-state index contributed by atoms with van der Waals surface area (Å²) in [5, 5.41) is 0. The van der Waals surface area contributed by atoms with Gasteiger partial charge < -0.3 is 4.74 Å². The third-order valence-corrected chi connectivity index (χ3v) is 5.83. The lowest BCUT2D eigenvalue weighted by Gasteiger charge is -2.26. The molecule has 2 heterocycles. The van der Waals surface area contributed by atoms with Gasteiger partial charge in [-0.2, -0.15) is 4.31 Å². The minimum absolute atomic E-state index is 0.365. The van der Waals surface area contributed by atoms with Gasteiger partial charge in [-0.1, -0.05) is 12.1 Å². The standard InChI is InChI=1S/C16H18N2O3S/c1-13-2-3-15(14-4-6-17-7-5-14)12-16(13)22(19,20)18-8-10-21-11-9-18/h2-7,12H,8-11H2,1H3. The number of hydrogen-bond acceptors (Lipinski definition) is 4. The van der Waals surface area contributed by atoms with E-state index < -0.39 is 10.0 Å². The fourth-order valence-corrected chi connectivity index (χ4v) is 4.19. The number of pyridine rings is 1. The maximum atomic E-state index is 12.8. The fraction of sp³-hybridized carbons (Fsp3) is 0.312. The highest BCUT2D eigenvalue weighted by molar-refractivity contribution is 7.89. The predicted molar refractivity (Wildman–Crippen MR) is 84.0 cm³/mol. The molecule has 0 saturated carbocycles. The summed E-state index contributed by atoms with van der Waals surface area (Å²) in [5.74, 6) is 0. The van der Waals surface area contributed by atoms with Gasteiger partial charge in [0.2, 0.25) is 10.0 Å². The summed E-state index contributed by atoms with van der Waals surface area (Å²) in [4.78, 5) is 4.36. The van der Waals surface area contributed by atoms with Crippen LogP contribution in [0.3, 0.4) is 0 Å². The van der Waals surface area contributed by atoms with Gasteiger partial charge in [-0.25, -0.2) is 8.42 Å². The third kappa shape index (κ3) is 2.90. The number of rotatable bonds is 3. The van der Waals surface area contributed by atoms with Gasteiger partial charge in [-0.3, -0.25) is 4.98 Å². The molecule has 116 valence electrons. The molecule has 0 bridgehead atoms. The maximum absolute atomic E-state index is 12.8. The highest BCUT2D eigenvalue weighted by Gasteiger charge is 2.27. The zero-order valence-electron chi connectivity index (χ0n) is 12.4. The molecule has 1 aliphatic heterocycles. The first-order chi connectivity index (χ1) is 10.6. The van der Waals surface area contributed by atoms with Crippen LogP contribution in [-0.2, 0) is 14.8 Å². The zero-order chi connectivity index (χ0) is 15.6. The van der Waals surface area contributed by atoms with Crippen LogP contribution in [0.15, 0.2) is 47.6 Å². The van der Waals surface area contributed by atoms with Crippen molar-refractivity contribution >= 4 is 10.0 Å². The number of aryl methyl sites for hydroxylation is 1. The van der Waals surface area contributed by atoms with Crippen molar-refractivity contribution in [2.24, 2.45) is 0 Å². The van der Waals surface area contributed by atoms with Gasteiger partial charge in [0.25, 0.3) is 0 Å². The second kappa shape index (κ2) is 6.16. The first-order valence-corrected chi connectivity index (χ1v) is 8.62. The summed E-state index contributed by atoms with van der Waals surface area (Å²) < 4.78 is 32.4. The van der Waals surface area contributed by atoms with Crippen molar-refractivity contribution < 1.29 is 13.2 Å². The largest absolute Gasteiger partial charge is 0.379 e. The van der Waals surface area contributed by atoms with E-state index >= 15 is 0 Å². The Morgan fingerprint density at radius 1 is 1.05 bits per heavy atom. The van der Waals surface area contributed by atoms with Gasteiger partial charge in [-0.15, -0.1) is 0 Å². The average Bonchev–Trinajstić information content (AvgIpc) is 2.57. The van der Waals surface area contributed by atoms with Crippen molar-refractivity contribution in [1.82, 2.24) is 9.29 Å². The van der Waals surface area contributed by atoms with Crippen molar-refractivity contribution in [2.45, 2.75) is 11.8 Å². The number of ether oxygens (including phenoxy) is 1. The van der Waals surface area contributed by atoms with E-state index in [9.17, 15) is 8.42 Å². The van der Waals surface area contributed by atoms with Crippen LogP contribution in [0.1, 0.15) is 5.56 Å². The topological polar surface area (TPSA) is 59.5 Å². The summed E-state index contributed by atoms with van der Waals surface area (Å²) in [6, 6.07) is 9.27. The van der Waals surface area contributed by atoms with Crippen LogP contribution in [0.2, 0.25) is 0 Å². The van der Waals surface area contributed by atoms with E-state index in [0.29, 0.717) is 31.2 Å². The van der Waals surface area contributed by atoms with Gasteiger partial charge >= 0.3 is 0 Å². The molecule has 0 radical (unpaired) electrons. The minimum Gasteiger partial charge on any atom is -0.379 e. The predicted octanol–water partition coefficient (Wildman–Crippen LogP) is 2.08. The van der Waals surface area contributed by atoms with E-state index in [4.69, 9.17) is 4.74 Å². The fourth-order valence-electron chi connectivity index (χ4n) is 2.53. The summed E-state index contributed by atoms with van der Waals surface area (Å²) in [6.07, 6.45) is 3.40. The Morgan fingerprint density at radius 3 is 2.41 bits per heavy atom. The number of hydrogen-bond donors (Lipinski definition) is 0. The quantitative estimate of drug-likeness (QED) is 0.869. The lowest BCUT2D eigenvalue weighted by molar-refractivity contribution is 0.0730. The average molecular weight is 318 g/mol. The molecule has 0 amide bonds. The van der Waals surface area contributed by atoms with Crippen molar-refractivity contribution in [3.63, 3.8) is 0 Å². The van der Waals surface area contributed by atoms with Crippen molar-refractivity contribution in [3.05, 3.63) is 48.3 Å². The van der Waals surface area contributed by atoms with Crippen molar-refractivity contribution in [3.8, 4) is 11.1 Å². The van der Waals surface area contributed by atoms with Gasteiger partial charge in [-0.05, 0) is 41.8 Å². The second-order valence-corrected chi connectivity index (χ2v) is 7.14. The van der Waals surface area contributed by atoms with Crippen molar-refractivity contribution in [2.75, 3.05) is 26.3 Å². The van der Waals surface area contributed by atoms with Crippen molar-refractivity contribution in [1.29, 1.82) is 0 Å². The molecule has 5 nitrogen and oxygen atoms in total. The van der Waals surface area contributed by atoms with Gasteiger partial charge in [0.05, 0.1) is 18.1 Å². The molecule has 0 aliphatic carbocycles. The molecule has 0 atom stereocenters. The molecule has 1 saturated heterocycles. The number of aromatic nitrogens is 1. The number of nitrogens with zero attached hydrogens (tertiary/aromatic N) is 2. The molecule has 1 aliphatic rings. The molecule has 1 aromatic heterocycles. The van der Waals surface area contributed by atoms with E-state index in [2.05, 4.69) is 4.98 Å². The van der Waals surface area contributed by atoms with E-state index in [1.807, 2.05) is 31.2 Å². The Bertz CT molecular complexity index is 754. The molecule has 0 unspecified atom stereocenters. The molecule has 2 aromatic rings. The molecule has 3 rings (SSSR count). The molecular formula is C16H18N2O3S. The molecule has 22 heavy (non-hydrogen) atoms. The van der Waals surface area contributed by atoms with E-state index in [-0.39, 0.29) is 0 Å². The first-order valence-electron chi connectivity index (χ1n) is 7.18. The van der Waals surface area contributed by atoms with Gasteiger partial charge in [0, 0.05) is 25.5 Å². The highest BCUT2D eigenvalue weighted by Crippen LogP contribution is 2.27. The Balaban J connectivity index is 2.03. The van der Waals surface area contributed by atoms with Crippen LogP contribution in [0.4, 0.5) is 0 Å². The molecule has 0 N–H and O–H groups in total. The lowest BCUT2D eigenvalue weighted by atomic mass is 10.1. The van der Waals surface area contributed by atoms with Gasteiger partial charge in [0.1, 0.15) is 0 Å². The van der Waals surface area contributed by atoms with Crippen LogP contribution in [0, 0.1) is 6.92 Å². The monoisotopic (exact) mass is 318 g/mol. The van der Waals surface area contributed by atoms with E-state index in [0.717, 1.165) is 16.7 Å². The highest BCUT2D eigenvalue weighted by atomic mass is 32.2. The molecule has 0 spiro atoms. The van der Waals surface area contributed by atoms with Gasteiger partial charge in [0.15, 0.2) is 0 Å². The third-order valence-electron chi connectivity index (χ3n) is 3.79. The number of sulfonamides is 1. The van der Waals surface area contributed by atoms with Crippen LogP contribution in [0.5, 0.6) is 0 Å². The molecule has 1 aromatic carbocycles. The SMILES string of the molecule is Cc1ccc(-c2ccncc2)cc1S(=O)(=O)N1CCOCC1. The Labute approximate surface area is 130 Å². The summed E-state index contributed by atoms with van der Waals surface area (Å²) in [7, 11) is -3.49. The summed E-state index contributed by atoms with van der Waals surface area (Å²) >= 11 is 0. The Kier molecular flexibility index (Phi) is 4.24. The maximum Gasteiger partial charge on any atom is 0.243 e. The minimum atomic E-state index is -3.49. The Morgan fingerprint density at radius 2 is 1.73 bits per heavy atom. The van der Waals surface area contributed by atoms with Crippen LogP contribution < -0.4 is 0 Å². The molecular weight excluding hydrogens is 300 g/mol. The lowest BCUT2D eigenvalue weighted by Crippen LogP contribution is -2.40. The summed E-state index contributed by atoms with van der Waals surface area (Å²) in [6.45, 7) is 3.52. The number of morpholine rings is 1. The van der Waals surface area contributed by atoms with Crippen LogP contribution in [0.25, 0.3) is 11.1 Å². The van der Waals surface area contributed by atoms with E-state index in [1.54, 1.807) is 18.5 Å². The second-order valence-electron chi connectivity index (χ2n) is 5.23. The normalized spacial score (nSPS) is 16.6. The zero-order valence-corrected chi connectivity index (χ0v) is 13.2. The molecule has 6 heteroatoms. The molecule has 1 fully saturated rings. The van der Waals surface area contributed by atoms with Crippen LogP contribution in [-0.4, -0.2) is 44.0 Å². The Hall–Kier alpha value is -1.76.